The predicted molar refractivity (Wildman–Crippen MR) is 75.3 cm³/mol. The Hall–Kier alpha value is -1.68. The molecule has 2 rings (SSSR count). The maximum absolute atomic E-state index is 13.3. The van der Waals surface area contributed by atoms with E-state index in [-0.39, 0.29) is 11.4 Å². The van der Waals surface area contributed by atoms with Gasteiger partial charge in [0.2, 0.25) is 0 Å². The molecule has 2 N–H and O–H groups in total. The zero-order valence-electron chi connectivity index (χ0n) is 11.8. The molecule has 0 aliphatic rings. The van der Waals surface area contributed by atoms with Gasteiger partial charge < -0.3 is 5.32 Å². The summed E-state index contributed by atoms with van der Waals surface area (Å²) < 4.78 is 13.3. The number of aryl methyl sites for hydroxylation is 1. The number of H-pyrrole nitrogens is 1. The second-order valence-electron chi connectivity index (χ2n) is 5.84. The topological polar surface area (TPSA) is 40.7 Å². The molecule has 0 saturated heterocycles. The van der Waals surface area contributed by atoms with Gasteiger partial charge in [0.1, 0.15) is 5.82 Å². The second kappa shape index (κ2) is 5.13. The van der Waals surface area contributed by atoms with E-state index in [0.29, 0.717) is 5.56 Å². The van der Waals surface area contributed by atoms with Crippen molar-refractivity contribution in [3.8, 4) is 11.3 Å². The summed E-state index contributed by atoms with van der Waals surface area (Å²) >= 11 is 0. The van der Waals surface area contributed by atoms with Crippen molar-refractivity contribution in [2.75, 3.05) is 0 Å². The molecule has 0 aliphatic carbocycles. The largest absolute Gasteiger partial charge is 0.308 e. The number of hydrogen-bond acceptors (Lipinski definition) is 2. The zero-order valence-corrected chi connectivity index (χ0v) is 11.8. The van der Waals surface area contributed by atoms with E-state index in [9.17, 15) is 4.39 Å². The first-order valence-electron chi connectivity index (χ1n) is 6.40. The molecule has 0 amide bonds. The fourth-order valence-corrected chi connectivity index (χ4v) is 1.86. The minimum absolute atomic E-state index is 0.0489. The van der Waals surface area contributed by atoms with Crippen LogP contribution in [-0.4, -0.2) is 15.7 Å². The van der Waals surface area contributed by atoms with Crippen LogP contribution in [0.4, 0.5) is 4.39 Å². The summed E-state index contributed by atoms with van der Waals surface area (Å²) in [4.78, 5) is 0. The number of aromatic nitrogens is 2. The van der Waals surface area contributed by atoms with Crippen LogP contribution in [0.3, 0.4) is 0 Å². The highest BCUT2D eigenvalue weighted by atomic mass is 19.1. The average molecular weight is 261 g/mol. The first-order valence-corrected chi connectivity index (χ1v) is 6.40. The van der Waals surface area contributed by atoms with Gasteiger partial charge in [0, 0.05) is 23.2 Å². The van der Waals surface area contributed by atoms with Crippen LogP contribution in [0.25, 0.3) is 11.3 Å². The average Bonchev–Trinajstić information content (AvgIpc) is 2.77. The zero-order chi connectivity index (χ0) is 14.0. The van der Waals surface area contributed by atoms with Gasteiger partial charge in [-0.25, -0.2) is 4.39 Å². The van der Waals surface area contributed by atoms with Gasteiger partial charge in [-0.15, -0.1) is 0 Å². The van der Waals surface area contributed by atoms with Crippen LogP contribution in [-0.2, 0) is 6.54 Å². The van der Waals surface area contributed by atoms with Crippen LogP contribution in [0.5, 0.6) is 0 Å². The lowest BCUT2D eigenvalue weighted by molar-refractivity contribution is 0.424. The van der Waals surface area contributed by atoms with E-state index in [1.54, 1.807) is 13.0 Å². The molecule has 0 atom stereocenters. The standard InChI is InChI=1S/C15H20FN3/c1-10-7-11(5-6-13(10)16)14-12(9-18-19-14)8-17-15(2,3)4/h5-7,9,17H,8H2,1-4H3,(H,18,19). The minimum Gasteiger partial charge on any atom is -0.308 e. The van der Waals surface area contributed by atoms with Gasteiger partial charge in [-0.1, -0.05) is 0 Å². The van der Waals surface area contributed by atoms with Crippen molar-refractivity contribution >= 4 is 0 Å². The quantitative estimate of drug-likeness (QED) is 0.889. The summed E-state index contributed by atoms with van der Waals surface area (Å²) in [5.41, 5.74) is 3.68. The van der Waals surface area contributed by atoms with E-state index in [2.05, 4.69) is 36.3 Å². The van der Waals surface area contributed by atoms with E-state index in [4.69, 9.17) is 0 Å². The van der Waals surface area contributed by atoms with E-state index in [1.807, 2.05) is 12.3 Å². The molecular weight excluding hydrogens is 241 g/mol. The van der Waals surface area contributed by atoms with Crippen molar-refractivity contribution in [1.82, 2.24) is 15.5 Å². The number of benzene rings is 1. The summed E-state index contributed by atoms with van der Waals surface area (Å²) in [6.45, 7) is 8.85. The molecule has 0 unspecified atom stereocenters. The number of hydrogen-bond donors (Lipinski definition) is 2. The molecule has 1 aromatic heterocycles. The third-order valence-electron chi connectivity index (χ3n) is 2.97. The Labute approximate surface area is 113 Å². The maximum atomic E-state index is 13.3. The smallest absolute Gasteiger partial charge is 0.126 e. The van der Waals surface area contributed by atoms with Gasteiger partial charge in [-0.2, -0.15) is 5.10 Å². The molecule has 4 heteroatoms. The van der Waals surface area contributed by atoms with Crippen LogP contribution < -0.4 is 5.32 Å². The van der Waals surface area contributed by atoms with Gasteiger partial charge in [0.25, 0.3) is 0 Å². The first kappa shape index (κ1) is 13.7. The molecule has 0 spiro atoms. The van der Waals surface area contributed by atoms with Gasteiger partial charge in [-0.05, 0) is 51.5 Å². The molecule has 2 aromatic rings. The minimum atomic E-state index is -0.183. The van der Waals surface area contributed by atoms with Crippen molar-refractivity contribution < 1.29 is 4.39 Å². The molecular formula is C15H20FN3. The fraction of sp³-hybridized carbons (Fsp3) is 0.400. The second-order valence-corrected chi connectivity index (χ2v) is 5.84. The van der Waals surface area contributed by atoms with E-state index >= 15 is 0 Å². The molecule has 19 heavy (non-hydrogen) atoms. The van der Waals surface area contributed by atoms with Crippen molar-refractivity contribution in [3.63, 3.8) is 0 Å². The first-order chi connectivity index (χ1) is 8.87. The summed E-state index contributed by atoms with van der Waals surface area (Å²) in [6, 6.07) is 5.10. The lowest BCUT2D eigenvalue weighted by atomic mass is 10.0. The Morgan fingerprint density at radius 2 is 2.05 bits per heavy atom. The van der Waals surface area contributed by atoms with Crippen molar-refractivity contribution in [2.24, 2.45) is 0 Å². The molecule has 1 aromatic carbocycles. The van der Waals surface area contributed by atoms with Gasteiger partial charge in [0.05, 0.1) is 11.9 Å². The third kappa shape index (κ3) is 3.41. The summed E-state index contributed by atoms with van der Waals surface area (Å²) in [7, 11) is 0. The Morgan fingerprint density at radius 3 is 2.68 bits per heavy atom. The number of halogens is 1. The molecule has 102 valence electrons. The summed E-state index contributed by atoms with van der Waals surface area (Å²) in [6.07, 6.45) is 1.81. The highest BCUT2D eigenvalue weighted by Gasteiger charge is 2.13. The highest BCUT2D eigenvalue weighted by molar-refractivity contribution is 5.63. The fourth-order valence-electron chi connectivity index (χ4n) is 1.86. The van der Waals surface area contributed by atoms with Crippen LogP contribution in [0.1, 0.15) is 31.9 Å². The lowest BCUT2D eigenvalue weighted by Crippen LogP contribution is -2.35. The van der Waals surface area contributed by atoms with Gasteiger partial charge in [-0.3, -0.25) is 5.10 Å². The van der Waals surface area contributed by atoms with Crippen molar-refractivity contribution in [2.45, 2.75) is 39.8 Å². The molecule has 3 nitrogen and oxygen atoms in total. The van der Waals surface area contributed by atoms with E-state index in [1.165, 1.54) is 6.07 Å². The van der Waals surface area contributed by atoms with Crippen LogP contribution >= 0.6 is 0 Å². The lowest BCUT2D eigenvalue weighted by Gasteiger charge is -2.20. The summed E-state index contributed by atoms with van der Waals surface area (Å²) in [5, 5.41) is 10.5. The van der Waals surface area contributed by atoms with Crippen LogP contribution in [0, 0.1) is 12.7 Å². The van der Waals surface area contributed by atoms with E-state index < -0.39 is 0 Å². The third-order valence-corrected chi connectivity index (χ3v) is 2.97. The van der Waals surface area contributed by atoms with Gasteiger partial charge in [0.15, 0.2) is 0 Å². The maximum Gasteiger partial charge on any atom is 0.126 e. The van der Waals surface area contributed by atoms with E-state index in [0.717, 1.165) is 23.4 Å². The Balaban J connectivity index is 2.26. The summed E-state index contributed by atoms with van der Waals surface area (Å²) in [5.74, 6) is -0.183. The Kier molecular flexibility index (Phi) is 3.71. The SMILES string of the molecule is Cc1cc(-c2[nH]ncc2CNC(C)(C)C)ccc1F. The molecule has 0 radical (unpaired) electrons. The number of aromatic amines is 1. The van der Waals surface area contributed by atoms with Crippen LogP contribution in [0.2, 0.25) is 0 Å². The predicted octanol–water partition coefficient (Wildman–Crippen LogP) is 3.41. The molecule has 0 fully saturated rings. The number of rotatable bonds is 3. The normalized spacial score (nSPS) is 11.8. The highest BCUT2D eigenvalue weighted by Crippen LogP contribution is 2.23. The van der Waals surface area contributed by atoms with Crippen LogP contribution in [0.15, 0.2) is 24.4 Å². The number of nitrogens with one attached hydrogen (secondary N) is 2. The van der Waals surface area contributed by atoms with Crippen molar-refractivity contribution in [1.29, 1.82) is 0 Å². The molecule has 0 bridgehead atoms. The molecule has 0 saturated carbocycles. The number of nitrogens with zero attached hydrogens (tertiary/aromatic N) is 1. The monoisotopic (exact) mass is 261 g/mol. The van der Waals surface area contributed by atoms with Crippen molar-refractivity contribution in [3.05, 3.63) is 41.3 Å². The van der Waals surface area contributed by atoms with Gasteiger partial charge >= 0.3 is 0 Å². The molecule has 1 heterocycles. The molecule has 0 aliphatic heterocycles. The Morgan fingerprint density at radius 1 is 1.32 bits per heavy atom. The Bertz CT molecular complexity index is 567.